The van der Waals surface area contributed by atoms with Crippen molar-refractivity contribution in [2.75, 3.05) is 32.8 Å². The summed E-state index contributed by atoms with van der Waals surface area (Å²) in [5, 5.41) is 6.64. The standard InChI is InChI=1S/C21H23BrN4O3/c22-17-4-2-6-19(14-17)29-18-5-1-3-16(13-18)15-25-8-10-26(11-9-25)21(27)23-20-7-12-28-24-20/h1-6,13-14H,7-12,15H2,(H,23,24,27). The van der Waals surface area contributed by atoms with Gasteiger partial charge in [0, 0.05) is 43.6 Å². The summed E-state index contributed by atoms with van der Waals surface area (Å²) < 4.78 is 6.96. The van der Waals surface area contributed by atoms with Crippen molar-refractivity contribution in [2.45, 2.75) is 13.0 Å². The number of amides is 2. The highest BCUT2D eigenvalue weighted by Gasteiger charge is 2.23. The van der Waals surface area contributed by atoms with E-state index in [0.717, 1.165) is 35.6 Å². The largest absolute Gasteiger partial charge is 0.457 e. The predicted molar refractivity (Wildman–Crippen MR) is 114 cm³/mol. The molecule has 0 saturated carbocycles. The maximum Gasteiger partial charge on any atom is 0.322 e. The number of hydrogen-bond acceptors (Lipinski definition) is 5. The summed E-state index contributed by atoms with van der Waals surface area (Å²) in [7, 11) is 0. The summed E-state index contributed by atoms with van der Waals surface area (Å²) >= 11 is 3.46. The lowest BCUT2D eigenvalue weighted by atomic mass is 10.2. The highest BCUT2D eigenvalue weighted by atomic mass is 79.9. The molecule has 0 aliphatic carbocycles. The summed E-state index contributed by atoms with van der Waals surface area (Å²) in [5.41, 5.74) is 1.19. The average molecular weight is 459 g/mol. The molecular formula is C21H23BrN4O3. The number of carbonyl (C=O) groups excluding carboxylic acids is 1. The first-order chi connectivity index (χ1) is 14.2. The molecule has 7 nitrogen and oxygen atoms in total. The van der Waals surface area contributed by atoms with E-state index in [1.165, 1.54) is 5.56 Å². The second-order valence-corrected chi connectivity index (χ2v) is 7.94. The molecule has 0 unspecified atom stereocenters. The topological polar surface area (TPSA) is 66.4 Å². The van der Waals surface area contributed by atoms with E-state index in [2.05, 4.69) is 43.4 Å². The minimum absolute atomic E-state index is 0.0988. The number of rotatable bonds is 4. The lowest BCUT2D eigenvalue weighted by Crippen LogP contribution is -2.52. The average Bonchev–Trinajstić information content (AvgIpc) is 3.22. The lowest BCUT2D eigenvalue weighted by molar-refractivity contribution is 0.138. The van der Waals surface area contributed by atoms with Crippen molar-refractivity contribution < 1.29 is 14.4 Å². The van der Waals surface area contributed by atoms with Gasteiger partial charge >= 0.3 is 6.03 Å². The van der Waals surface area contributed by atoms with Gasteiger partial charge in [-0.3, -0.25) is 10.2 Å². The Balaban J connectivity index is 1.28. The number of ether oxygens (including phenoxy) is 1. The number of amidine groups is 1. The van der Waals surface area contributed by atoms with Crippen molar-refractivity contribution in [3.8, 4) is 11.5 Å². The predicted octanol–water partition coefficient (Wildman–Crippen LogP) is 3.80. The molecule has 1 fully saturated rings. The first kappa shape index (κ1) is 19.7. The molecule has 1 saturated heterocycles. The molecule has 152 valence electrons. The fourth-order valence-electron chi connectivity index (χ4n) is 3.34. The van der Waals surface area contributed by atoms with Gasteiger partial charge < -0.3 is 14.5 Å². The summed E-state index contributed by atoms with van der Waals surface area (Å²) in [5.74, 6) is 2.23. The van der Waals surface area contributed by atoms with E-state index in [1.54, 1.807) is 0 Å². The van der Waals surface area contributed by atoms with Crippen molar-refractivity contribution >= 4 is 27.8 Å². The van der Waals surface area contributed by atoms with Crippen LogP contribution in [0.2, 0.25) is 0 Å². The van der Waals surface area contributed by atoms with Crippen LogP contribution >= 0.6 is 15.9 Å². The van der Waals surface area contributed by atoms with Crippen molar-refractivity contribution in [3.63, 3.8) is 0 Å². The van der Waals surface area contributed by atoms with Crippen LogP contribution in [0.15, 0.2) is 58.2 Å². The number of benzene rings is 2. The van der Waals surface area contributed by atoms with Crippen molar-refractivity contribution in [3.05, 3.63) is 58.6 Å². The molecule has 1 N–H and O–H groups in total. The van der Waals surface area contributed by atoms with Gasteiger partial charge in [0.25, 0.3) is 0 Å². The fourth-order valence-corrected chi connectivity index (χ4v) is 3.72. The summed E-state index contributed by atoms with van der Waals surface area (Å²) in [4.78, 5) is 21.4. The summed E-state index contributed by atoms with van der Waals surface area (Å²) in [6, 6.07) is 15.8. The third-order valence-corrected chi connectivity index (χ3v) is 5.35. The number of urea groups is 1. The first-order valence-corrected chi connectivity index (χ1v) is 10.4. The Kier molecular flexibility index (Phi) is 6.31. The van der Waals surface area contributed by atoms with Crippen LogP contribution < -0.4 is 10.1 Å². The Morgan fingerprint density at radius 2 is 1.86 bits per heavy atom. The maximum absolute atomic E-state index is 12.3. The van der Waals surface area contributed by atoms with Gasteiger partial charge in [0.2, 0.25) is 0 Å². The van der Waals surface area contributed by atoms with E-state index >= 15 is 0 Å². The van der Waals surface area contributed by atoms with Crippen LogP contribution in [0.3, 0.4) is 0 Å². The van der Waals surface area contributed by atoms with Gasteiger partial charge in [0.15, 0.2) is 5.84 Å². The second kappa shape index (κ2) is 9.28. The number of halogens is 1. The second-order valence-electron chi connectivity index (χ2n) is 7.02. The monoisotopic (exact) mass is 458 g/mol. The highest BCUT2D eigenvalue weighted by molar-refractivity contribution is 9.10. The molecule has 8 heteroatoms. The normalized spacial score (nSPS) is 16.9. The van der Waals surface area contributed by atoms with Crippen molar-refractivity contribution in [1.29, 1.82) is 0 Å². The molecule has 0 atom stereocenters. The van der Waals surface area contributed by atoms with E-state index in [4.69, 9.17) is 9.57 Å². The van der Waals surface area contributed by atoms with E-state index in [9.17, 15) is 4.79 Å². The maximum atomic E-state index is 12.3. The molecule has 2 aromatic carbocycles. The molecule has 0 radical (unpaired) electrons. The molecule has 0 bridgehead atoms. The minimum atomic E-state index is -0.0988. The van der Waals surface area contributed by atoms with Crippen LogP contribution in [0.1, 0.15) is 12.0 Å². The van der Waals surface area contributed by atoms with Crippen molar-refractivity contribution in [1.82, 2.24) is 15.1 Å². The van der Waals surface area contributed by atoms with Crippen LogP contribution in [0, 0.1) is 0 Å². The van der Waals surface area contributed by atoms with Crippen LogP contribution in [0.5, 0.6) is 11.5 Å². The number of nitrogens with zero attached hydrogens (tertiary/aromatic N) is 3. The molecule has 0 aromatic heterocycles. The molecule has 2 amide bonds. The Bertz CT molecular complexity index is 897. The Labute approximate surface area is 178 Å². The van der Waals surface area contributed by atoms with Crippen LogP contribution in [-0.4, -0.2) is 54.5 Å². The smallest absolute Gasteiger partial charge is 0.322 e. The fraction of sp³-hybridized carbons (Fsp3) is 0.333. The molecule has 2 heterocycles. The van der Waals surface area contributed by atoms with Gasteiger partial charge in [-0.1, -0.05) is 39.3 Å². The van der Waals surface area contributed by atoms with Gasteiger partial charge in [-0.15, -0.1) is 0 Å². The SMILES string of the molecule is O=C(NC1=NOCC1)N1CCN(Cc2cccc(Oc3cccc(Br)c3)c2)CC1. The molecule has 0 spiro atoms. The third kappa shape index (κ3) is 5.48. The van der Waals surface area contributed by atoms with Gasteiger partial charge in [0.05, 0.1) is 0 Å². The van der Waals surface area contributed by atoms with E-state index < -0.39 is 0 Å². The summed E-state index contributed by atoms with van der Waals surface area (Å²) in [6.45, 7) is 4.39. The Morgan fingerprint density at radius 3 is 2.59 bits per heavy atom. The van der Waals surface area contributed by atoms with E-state index in [1.807, 2.05) is 41.3 Å². The molecule has 29 heavy (non-hydrogen) atoms. The summed E-state index contributed by atoms with van der Waals surface area (Å²) in [6.07, 6.45) is 0.657. The number of hydrogen-bond donors (Lipinski definition) is 1. The zero-order valence-corrected chi connectivity index (χ0v) is 17.6. The highest BCUT2D eigenvalue weighted by Crippen LogP contribution is 2.25. The zero-order valence-electron chi connectivity index (χ0n) is 16.0. The van der Waals surface area contributed by atoms with Crippen LogP contribution in [0.4, 0.5) is 4.79 Å². The third-order valence-electron chi connectivity index (χ3n) is 4.85. The number of carbonyl (C=O) groups is 1. The minimum Gasteiger partial charge on any atom is -0.457 e. The molecule has 2 aliphatic heterocycles. The van der Waals surface area contributed by atoms with Gasteiger partial charge in [-0.05, 0) is 35.9 Å². The molecule has 2 aliphatic rings. The number of piperazine rings is 1. The molecule has 2 aromatic rings. The van der Waals surface area contributed by atoms with Crippen LogP contribution in [0.25, 0.3) is 0 Å². The quantitative estimate of drug-likeness (QED) is 0.756. The Morgan fingerprint density at radius 1 is 1.10 bits per heavy atom. The van der Waals surface area contributed by atoms with Gasteiger partial charge in [0.1, 0.15) is 18.1 Å². The van der Waals surface area contributed by atoms with E-state index in [0.29, 0.717) is 32.0 Å². The first-order valence-electron chi connectivity index (χ1n) is 9.65. The van der Waals surface area contributed by atoms with Gasteiger partial charge in [-0.2, -0.15) is 0 Å². The molecule has 4 rings (SSSR count). The number of oxime groups is 1. The van der Waals surface area contributed by atoms with Gasteiger partial charge in [-0.25, -0.2) is 4.79 Å². The Hall–Kier alpha value is -2.58. The van der Waals surface area contributed by atoms with Crippen LogP contribution in [-0.2, 0) is 11.4 Å². The van der Waals surface area contributed by atoms with E-state index in [-0.39, 0.29) is 6.03 Å². The van der Waals surface area contributed by atoms with Crippen molar-refractivity contribution in [2.24, 2.45) is 5.16 Å². The lowest BCUT2D eigenvalue weighted by Gasteiger charge is -2.34. The number of nitrogens with one attached hydrogen (secondary N) is 1. The zero-order chi connectivity index (χ0) is 20.1. The molecular weight excluding hydrogens is 436 g/mol.